The van der Waals surface area contributed by atoms with Gasteiger partial charge in [-0.15, -0.1) is 0 Å². The van der Waals surface area contributed by atoms with Crippen LogP contribution in [0.3, 0.4) is 0 Å². The predicted octanol–water partition coefficient (Wildman–Crippen LogP) is 6.76. The zero-order valence-corrected chi connectivity index (χ0v) is 21.6. The molecule has 0 aliphatic rings. The number of aryl methyl sites for hydroxylation is 1. The molecule has 0 bridgehead atoms. The Labute approximate surface area is 196 Å². The van der Waals surface area contributed by atoms with Crippen LogP contribution in [-0.2, 0) is 10.2 Å². The van der Waals surface area contributed by atoms with Crippen LogP contribution in [0, 0.1) is 12.3 Å². The summed E-state index contributed by atoms with van der Waals surface area (Å²) in [5, 5.41) is 3.98. The van der Waals surface area contributed by atoms with Crippen molar-refractivity contribution < 1.29 is 9.53 Å². The highest BCUT2D eigenvalue weighted by Gasteiger charge is 2.28. The van der Waals surface area contributed by atoms with Gasteiger partial charge in [0.15, 0.2) is 6.61 Å². The van der Waals surface area contributed by atoms with Gasteiger partial charge < -0.3 is 4.74 Å². The lowest BCUT2D eigenvalue weighted by Crippen LogP contribution is -2.26. The van der Waals surface area contributed by atoms with Crippen molar-refractivity contribution in [3.05, 3.63) is 62.0 Å². The van der Waals surface area contributed by atoms with Gasteiger partial charge in [0.25, 0.3) is 5.91 Å². The first-order chi connectivity index (χ1) is 13.9. The molecule has 0 heterocycles. The van der Waals surface area contributed by atoms with Gasteiger partial charge in [0.05, 0.1) is 15.2 Å². The summed E-state index contributed by atoms with van der Waals surface area (Å²) in [6.45, 7) is 13.1. The van der Waals surface area contributed by atoms with Gasteiger partial charge in [0, 0.05) is 0 Å². The molecule has 0 spiro atoms. The van der Waals surface area contributed by atoms with Crippen molar-refractivity contribution >= 4 is 44.0 Å². The number of carbonyl (C=O) groups is 1. The van der Waals surface area contributed by atoms with Crippen molar-refractivity contribution in [2.45, 2.75) is 53.4 Å². The maximum absolute atomic E-state index is 12.1. The van der Waals surface area contributed by atoms with Gasteiger partial charge in [-0.2, -0.15) is 5.10 Å². The second-order valence-corrected chi connectivity index (χ2v) is 11.1. The first kappa shape index (κ1) is 24.6. The molecule has 162 valence electrons. The average molecular weight is 538 g/mol. The summed E-state index contributed by atoms with van der Waals surface area (Å²) >= 11 is 7.19. The van der Waals surface area contributed by atoms with E-state index in [1.54, 1.807) is 6.21 Å². The Morgan fingerprint density at radius 2 is 1.63 bits per heavy atom. The van der Waals surface area contributed by atoms with Crippen LogP contribution in [0.25, 0.3) is 0 Å². The minimum Gasteiger partial charge on any atom is -0.481 e. The van der Waals surface area contributed by atoms with Crippen molar-refractivity contribution in [1.29, 1.82) is 0 Å². The standard InChI is InChI=1S/C24H30Br2N2O2/c1-16-7-9-17(10-8-16)13-27-28-21(29)14-30-22-19(25)11-18(12-20(22)26)24(5,6)15-23(2,3)4/h7-13H,14-15H2,1-6H3,(H,28,29). The monoisotopic (exact) mass is 536 g/mol. The highest BCUT2D eigenvalue weighted by molar-refractivity contribution is 9.11. The normalized spacial score (nSPS) is 12.3. The van der Waals surface area contributed by atoms with E-state index in [1.807, 2.05) is 31.2 Å². The number of hydrogen-bond acceptors (Lipinski definition) is 3. The Kier molecular flexibility index (Phi) is 8.28. The molecule has 0 aliphatic heterocycles. The molecule has 0 saturated heterocycles. The molecule has 0 atom stereocenters. The molecule has 30 heavy (non-hydrogen) atoms. The first-order valence-corrected chi connectivity index (χ1v) is 11.5. The third kappa shape index (κ3) is 7.55. The van der Waals surface area contributed by atoms with Crippen LogP contribution >= 0.6 is 31.9 Å². The molecule has 1 amide bonds. The van der Waals surface area contributed by atoms with Gasteiger partial charge in [-0.25, -0.2) is 5.43 Å². The van der Waals surface area contributed by atoms with Crippen molar-refractivity contribution in [1.82, 2.24) is 5.43 Å². The molecule has 4 nitrogen and oxygen atoms in total. The summed E-state index contributed by atoms with van der Waals surface area (Å²) in [6, 6.07) is 12.0. The number of nitrogens with zero attached hydrogens (tertiary/aromatic N) is 1. The fraction of sp³-hybridized carbons (Fsp3) is 0.417. The summed E-state index contributed by atoms with van der Waals surface area (Å²) in [7, 11) is 0. The van der Waals surface area contributed by atoms with E-state index in [9.17, 15) is 4.79 Å². The van der Waals surface area contributed by atoms with Crippen LogP contribution in [0.15, 0.2) is 50.4 Å². The van der Waals surface area contributed by atoms with E-state index < -0.39 is 0 Å². The molecule has 0 fully saturated rings. The maximum Gasteiger partial charge on any atom is 0.277 e. The Hall–Kier alpha value is -1.66. The number of benzene rings is 2. The van der Waals surface area contributed by atoms with Gasteiger partial charge in [-0.05, 0) is 79.3 Å². The quantitative estimate of drug-likeness (QED) is 0.313. The molecule has 0 saturated carbocycles. The summed E-state index contributed by atoms with van der Waals surface area (Å²) in [5.74, 6) is 0.275. The van der Waals surface area contributed by atoms with E-state index in [0.29, 0.717) is 5.75 Å². The summed E-state index contributed by atoms with van der Waals surface area (Å²) in [6.07, 6.45) is 2.65. The molecule has 1 N–H and O–H groups in total. The van der Waals surface area contributed by atoms with E-state index in [4.69, 9.17) is 4.74 Å². The number of ether oxygens (including phenoxy) is 1. The van der Waals surface area contributed by atoms with Crippen LogP contribution in [0.4, 0.5) is 0 Å². The molecule has 0 radical (unpaired) electrons. The Balaban J connectivity index is 1.99. The second-order valence-electron chi connectivity index (χ2n) is 9.38. The molecular formula is C24H30Br2N2O2. The van der Waals surface area contributed by atoms with Crippen molar-refractivity contribution in [3.63, 3.8) is 0 Å². The number of hydrazone groups is 1. The lowest BCUT2D eigenvalue weighted by molar-refractivity contribution is -0.123. The zero-order valence-electron chi connectivity index (χ0n) is 18.5. The average Bonchev–Trinajstić information content (AvgIpc) is 2.60. The first-order valence-electron chi connectivity index (χ1n) is 9.88. The van der Waals surface area contributed by atoms with Crippen LogP contribution in [0.2, 0.25) is 0 Å². The minimum atomic E-state index is -0.325. The smallest absolute Gasteiger partial charge is 0.277 e. The number of halogens is 2. The second kappa shape index (κ2) is 10.1. The zero-order chi connectivity index (χ0) is 22.5. The highest BCUT2D eigenvalue weighted by atomic mass is 79.9. The number of nitrogens with one attached hydrogen (secondary N) is 1. The lowest BCUT2D eigenvalue weighted by atomic mass is 9.72. The molecule has 0 aliphatic carbocycles. The largest absolute Gasteiger partial charge is 0.481 e. The van der Waals surface area contributed by atoms with Crippen molar-refractivity contribution in [2.75, 3.05) is 6.61 Å². The molecule has 6 heteroatoms. The van der Waals surface area contributed by atoms with Gasteiger partial charge in [0.2, 0.25) is 0 Å². The van der Waals surface area contributed by atoms with Gasteiger partial charge >= 0.3 is 0 Å². The number of carbonyl (C=O) groups excluding carboxylic acids is 1. The SMILES string of the molecule is Cc1ccc(C=NNC(=O)COc2c(Br)cc(C(C)(C)CC(C)(C)C)cc2Br)cc1. The molecular weight excluding hydrogens is 508 g/mol. The molecule has 0 unspecified atom stereocenters. The lowest BCUT2D eigenvalue weighted by Gasteiger charge is -2.33. The number of amides is 1. The number of rotatable bonds is 7. The van der Waals surface area contributed by atoms with Crippen molar-refractivity contribution in [2.24, 2.45) is 10.5 Å². The Morgan fingerprint density at radius 1 is 1.07 bits per heavy atom. The fourth-order valence-electron chi connectivity index (χ4n) is 3.52. The fourth-order valence-corrected chi connectivity index (χ4v) is 4.93. The molecule has 0 aromatic heterocycles. The maximum atomic E-state index is 12.1. The van der Waals surface area contributed by atoms with E-state index in [0.717, 1.165) is 20.9 Å². The third-order valence-corrected chi connectivity index (χ3v) is 5.76. The summed E-state index contributed by atoms with van der Waals surface area (Å²) in [4.78, 5) is 12.1. The summed E-state index contributed by atoms with van der Waals surface area (Å²) < 4.78 is 7.36. The minimum absolute atomic E-state index is 0.00386. The predicted molar refractivity (Wildman–Crippen MR) is 131 cm³/mol. The summed E-state index contributed by atoms with van der Waals surface area (Å²) in [5.41, 5.74) is 6.01. The molecule has 2 rings (SSSR count). The van der Waals surface area contributed by atoms with E-state index >= 15 is 0 Å². The van der Waals surface area contributed by atoms with E-state index in [2.05, 4.69) is 89.1 Å². The van der Waals surface area contributed by atoms with Crippen LogP contribution in [0.5, 0.6) is 5.75 Å². The van der Waals surface area contributed by atoms with Crippen LogP contribution in [-0.4, -0.2) is 18.7 Å². The van der Waals surface area contributed by atoms with Crippen LogP contribution < -0.4 is 10.2 Å². The number of hydrogen-bond donors (Lipinski definition) is 1. The van der Waals surface area contributed by atoms with Gasteiger partial charge in [-0.1, -0.05) is 64.4 Å². The van der Waals surface area contributed by atoms with Gasteiger partial charge in [-0.3, -0.25) is 4.79 Å². The van der Waals surface area contributed by atoms with E-state index in [-0.39, 0.29) is 23.3 Å². The highest BCUT2D eigenvalue weighted by Crippen LogP contribution is 2.42. The van der Waals surface area contributed by atoms with Gasteiger partial charge in [0.1, 0.15) is 5.75 Å². The van der Waals surface area contributed by atoms with E-state index in [1.165, 1.54) is 11.1 Å². The van der Waals surface area contributed by atoms with Crippen molar-refractivity contribution in [3.8, 4) is 5.75 Å². The molecule has 2 aromatic rings. The third-order valence-electron chi connectivity index (χ3n) is 4.58. The molecule has 2 aromatic carbocycles. The van der Waals surface area contributed by atoms with Crippen LogP contribution in [0.1, 0.15) is 57.7 Å². The topological polar surface area (TPSA) is 50.7 Å². The Bertz CT molecular complexity index is 891. The Morgan fingerprint density at radius 3 is 2.17 bits per heavy atom.